The van der Waals surface area contributed by atoms with Gasteiger partial charge in [0.2, 0.25) is 10.0 Å². The van der Waals surface area contributed by atoms with Crippen molar-refractivity contribution < 1.29 is 22.0 Å². The molecule has 0 bridgehead atoms. The van der Waals surface area contributed by atoms with E-state index in [1.54, 1.807) is 0 Å². The summed E-state index contributed by atoms with van der Waals surface area (Å²) in [5.41, 5.74) is 6.53. The molecule has 1 aliphatic carbocycles. The molecule has 2 aromatic carbocycles. The normalized spacial score (nSPS) is 14.3. The summed E-state index contributed by atoms with van der Waals surface area (Å²) in [7, 11) is -3.54. The summed E-state index contributed by atoms with van der Waals surface area (Å²) in [6, 6.07) is 10.3. The highest BCUT2D eigenvalue weighted by molar-refractivity contribution is 7.89. The topological polar surface area (TPSA) is 116 Å². The van der Waals surface area contributed by atoms with Gasteiger partial charge in [0.05, 0.1) is 21.6 Å². The second-order valence-electron chi connectivity index (χ2n) is 6.65. The number of alkyl halides is 2. The highest BCUT2D eigenvalue weighted by Crippen LogP contribution is 2.23. The minimum Gasteiger partial charge on any atom is -0.337 e. The molecule has 4 N–H and O–H groups in total. The molecule has 0 radical (unpaired) electrons. The molecule has 3 aromatic rings. The molecule has 8 nitrogen and oxygen atoms in total. The van der Waals surface area contributed by atoms with Crippen molar-refractivity contribution in [1.29, 1.82) is 0 Å². The fourth-order valence-corrected chi connectivity index (χ4v) is 3.99. The number of carbonyl (C=O) groups is 1. The first kappa shape index (κ1) is 19.3. The Balaban J connectivity index is 1.40. The summed E-state index contributed by atoms with van der Waals surface area (Å²) in [6.07, 6.45) is -1.04. The van der Waals surface area contributed by atoms with Gasteiger partial charge in [-0.2, -0.15) is 0 Å². The van der Waals surface area contributed by atoms with Gasteiger partial charge in [-0.1, -0.05) is 0 Å². The molecular formula is C18H17F2N5O3S. The maximum Gasteiger partial charge on any atom is 0.295 e. The Bertz CT molecular complexity index is 1160. The lowest BCUT2D eigenvalue weighted by molar-refractivity contribution is 0.0962. The molecule has 1 heterocycles. The molecule has 0 saturated heterocycles. The Morgan fingerprint density at radius 3 is 2.52 bits per heavy atom. The Kier molecular flexibility index (Phi) is 4.92. The zero-order chi connectivity index (χ0) is 20.6. The van der Waals surface area contributed by atoms with Crippen LogP contribution in [-0.2, 0) is 10.0 Å². The number of nitrogens with one attached hydrogen (secondary N) is 4. The first-order valence-corrected chi connectivity index (χ1v) is 10.3. The number of H-pyrrole nitrogens is 1. The maximum atomic E-state index is 12.7. The summed E-state index contributed by atoms with van der Waals surface area (Å²) in [5.74, 6) is -0.950. The van der Waals surface area contributed by atoms with Gasteiger partial charge in [0.1, 0.15) is 0 Å². The van der Waals surface area contributed by atoms with E-state index in [0.29, 0.717) is 16.7 Å². The van der Waals surface area contributed by atoms with Gasteiger partial charge < -0.3 is 4.98 Å². The van der Waals surface area contributed by atoms with E-state index in [1.165, 1.54) is 42.5 Å². The third-order valence-corrected chi connectivity index (χ3v) is 5.89. The number of hydrogen-bond acceptors (Lipinski definition) is 5. The molecule has 0 atom stereocenters. The van der Waals surface area contributed by atoms with Crippen molar-refractivity contribution in [3.05, 3.63) is 53.9 Å². The number of halogens is 2. The van der Waals surface area contributed by atoms with E-state index in [-0.39, 0.29) is 16.5 Å². The number of nitrogens with zero attached hydrogens (tertiary/aromatic N) is 1. The molecule has 29 heavy (non-hydrogen) atoms. The fourth-order valence-electron chi connectivity index (χ4n) is 2.68. The average Bonchev–Trinajstić information content (AvgIpc) is 3.39. The van der Waals surface area contributed by atoms with Crippen LogP contribution in [-0.4, -0.2) is 30.3 Å². The lowest BCUT2D eigenvalue weighted by atomic mass is 10.2. The van der Waals surface area contributed by atoms with Crippen molar-refractivity contribution in [2.45, 2.75) is 30.2 Å². The third kappa shape index (κ3) is 4.35. The number of aromatic nitrogens is 2. The van der Waals surface area contributed by atoms with Crippen molar-refractivity contribution in [3.63, 3.8) is 0 Å². The highest BCUT2D eigenvalue weighted by atomic mass is 32.2. The first-order chi connectivity index (χ1) is 13.8. The van der Waals surface area contributed by atoms with Crippen LogP contribution in [0.3, 0.4) is 0 Å². The number of rotatable bonds is 7. The quantitative estimate of drug-likeness (QED) is 0.438. The number of aromatic amines is 1. The molecule has 1 fully saturated rings. The minimum atomic E-state index is -3.54. The average molecular weight is 421 g/mol. The van der Waals surface area contributed by atoms with Gasteiger partial charge >= 0.3 is 0 Å². The molecular weight excluding hydrogens is 404 g/mol. The largest absolute Gasteiger partial charge is 0.337 e. The minimum absolute atomic E-state index is 0.0149. The van der Waals surface area contributed by atoms with E-state index in [4.69, 9.17) is 0 Å². The zero-order valence-electron chi connectivity index (χ0n) is 14.9. The number of amides is 1. The smallest absolute Gasteiger partial charge is 0.295 e. The Hall–Kier alpha value is -3.05. The number of sulfonamides is 1. The molecule has 152 valence electrons. The van der Waals surface area contributed by atoms with E-state index in [1.807, 2.05) is 0 Å². The molecule has 0 aliphatic heterocycles. The first-order valence-electron chi connectivity index (χ1n) is 8.78. The number of benzene rings is 2. The summed E-state index contributed by atoms with van der Waals surface area (Å²) in [6.45, 7) is 0. The van der Waals surface area contributed by atoms with E-state index >= 15 is 0 Å². The fraction of sp³-hybridized carbons (Fsp3) is 0.222. The van der Waals surface area contributed by atoms with Gasteiger partial charge in [-0.3, -0.25) is 15.6 Å². The standard InChI is InChI=1S/C18H17F2N5O3S/c19-16(20)17-21-14-8-1-10(9-15(14)22-17)18(26)24-23-11-4-6-13(7-5-11)29(27,28)25-12-2-3-12/h1,4-9,12,16,23,25H,2-3H2,(H,21,22)(H,24,26). The van der Waals surface area contributed by atoms with Gasteiger partial charge in [0, 0.05) is 11.6 Å². The summed E-state index contributed by atoms with van der Waals surface area (Å²) >= 11 is 0. The van der Waals surface area contributed by atoms with E-state index < -0.39 is 28.2 Å². The van der Waals surface area contributed by atoms with Crippen LogP contribution in [0, 0.1) is 0 Å². The Labute approximate surface area is 164 Å². The number of fused-ring (bicyclic) bond motifs is 1. The van der Waals surface area contributed by atoms with Crippen LogP contribution in [0.4, 0.5) is 14.5 Å². The molecule has 0 unspecified atom stereocenters. The van der Waals surface area contributed by atoms with Gasteiger partial charge in [-0.25, -0.2) is 26.9 Å². The highest BCUT2D eigenvalue weighted by Gasteiger charge is 2.27. The summed E-state index contributed by atoms with van der Waals surface area (Å²) < 4.78 is 52.3. The van der Waals surface area contributed by atoms with Crippen molar-refractivity contribution in [1.82, 2.24) is 20.1 Å². The number of anilines is 1. The molecule has 0 spiro atoms. The van der Waals surface area contributed by atoms with Crippen LogP contribution >= 0.6 is 0 Å². The Morgan fingerprint density at radius 1 is 1.14 bits per heavy atom. The monoisotopic (exact) mass is 421 g/mol. The zero-order valence-corrected chi connectivity index (χ0v) is 15.8. The van der Waals surface area contributed by atoms with Crippen LogP contribution in [0.2, 0.25) is 0 Å². The SMILES string of the molecule is O=C(NNc1ccc(S(=O)(=O)NC2CC2)cc1)c1ccc2nc(C(F)F)[nH]c2c1. The Morgan fingerprint density at radius 2 is 1.86 bits per heavy atom. The van der Waals surface area contributed by atoms with Crippen molar-refractivity contribution in [2.75, 3.05) is 5.43 Å². The molecule has 1 amide bonds. The van der Waals surface area contributed by atoms with Crippen molar-refractivity contribution in [2.24, 2.45) is 0 Å². The van der Waals surface area contributed by atoms with Gasteiger partial charge in [0.15, 0.2) is 5.82 Å². The molecule has 1 saturated carbocycles. The number of hydrogen-bond donors (Lipinski definition) is 4. The molecule has 4 rings (SSSR count). The molecule has 11 heteroatoms. The van der Waals surface area contributed by atoms with E-state index in [0.717, 1.165) is 12.8 Å². The summed E-state index contributed by atoms with van der Waals surface area (Å²) in [5, 5.41) is 0. The van der Waals surface area contributed by atoms with Gasteiger partial charge in [-0.15, -0.1) is 0 Å². The second kappa shape index (κ2) is 7.41. The molecule has 1 aliphatic rings. The number of hydrazine groups is 1. The van der Waals surface area contributed by atoms with Crippen LogP contribution in [0.15, 0.2) is 47.4 Å². The van der Waals surface area contributed by atoms with Crippen molar-refractivity contribution in [3.8, 4) is 0 Å². The van der Waals surface area contributed by atoms with Crippen LogP contribution in [0.1, 0.15) is 35.4 Å². The maximum absolute atomic E-state index is 12.7. The summed E-state index contributed by atoms with van der Waals surface area (Å²) in [4.78, 5) is 18.7. The van der Waals surface area contributed by atoms with Crippen LogP contribution in [0.5, 0.6) is 0 Å². The number of carbonyl (C=O) groups excluding carboxylic acids is 1. The lowest BCUT2D eigenvalue weighted by Gasteiger charge is -2.10. The second-order valence-corrected chi connectivity index (χ2v) is 8.37. The predicted octanol–water partition coefficient (Wildman–Crippen LogP) is 2.70. The van der Waals surface area contributed by atoms with E-state index in [2.05, 4.69) is 25.5 Å². The predicted molar refractivity (Wildman–Crippen MR) is 102 cm³/mol. The van der Waals surface area contributed by atoms with Crippen LogP contribution in [0.25, 0.3) is 11.0 Å². The number of imidazole rings is 1. The van der Waals surface area contributed by atoms with Crippen molar-refractivity contribution >= 4 is 32.7 Å². The lowest BCUT2D eigenvalue weighted by Crippen LogP contribution is -2.29. The van der Waals surface area contributed by atoms with Crippen LogP contribution < -0.4 is 15.6 Å². The molecule has 1 aromatic heterocycles. The van der Waals surface area contributed by atoms with Gasteiger partial charge in [-0.05, 0) is 55.3 Å². The van der Waals surface area contributed by atoms with E-state index in [9.17, 15) is 22.0 Å². The van der Waals surface area contributed by atoms with Gasteiger partial charge in [0.25, 0.3) is 12.3 Å². The third-order valence-electron chi connectivity index (χ3n) is 4.35.